The van der Waals surface area contributed by atoms with E-state index in [4.69, 9.17) is 24.4 Å². The minimum atomic E-state index is -0.629. The monoisotopic (exact) mass is 322 g/mol. The zero-order valence-corrected chi connectivity index (χ0v) is 12.2. The van der Waals surface area contributed by atoms with Crippen LogP contribution in [-0.4, -0.2) is 37.4 Å². The minimum Gasteiger partial charge on any atom is -0.507 e. The van der Waals surface area contributed by atoms with Crippen LogP contribution in [0.3, 0.4) is 0 Å². The van der Waals surface area contributed by atoms with E-state index in [-0.39, 0.29) is 12.3 Å². The highest BCUT2D eigenvalue weighted by Crippen LogP contribution is 2.24. The fourth-order valence-electron chi connectivity index (χ4n) is 2.08. The molecule has 3 rings (SSSR count). The molecular weight excluding hydrogens is 312 g/mol. The zero-order valence-electron chi connectivity index (χ0n) is 10.5. The van der Waals surface area contributed by atoms with E-state index >= 15 is 0 Å². The number of nitrogens with zero attached hydrogens (tertiary/aromatic N) is 2. The Hall–Kier alpha value is -2.39. The Morgan fingerprint density at radius 3 is 2.00 bits per heavy atom. The van der Waals surface area contributed by atoms with E-state index in [0.717, 1.165) is 5.69 Å². The first-order valence-electron chi connectivity index (χ1n) is 5.92. The summed E-state index contributed by atoms with van der Waals surface area (Å²) >= 11 is 10.2. The number of amides is 1. The van der Waals surface area contributed by atoms with Crippen molar-refractivity contribution >= 4 is 36.0 Å². The van der Waals surface area contributed by atoms with Crippen LogP contribution < -0.4 is 4.90 Å². The smallest absolute Gasteiger partial charge is 0.297 e. The topological polar surface area (TPSA) is 97.3 Å². The minimum absolute atomic E-state index is 0.0480. The summed E-state index contributed by atoms with van der Waals surface area (Å²) < 4.78 is 2.50. The van der Waals surface area contributed by atoms with Crippen LogP contribution in [0.25, 0.3) is 5.69 Å². The molecule has 0 saturated carbocycles. The highest BCUT2D eigenvalue weighted by Gasteiger charge is 2.31. The Labute approximate surface area is 128 Å². The van der Waals surface area contributed by atoms with Gasteiger partial charge in [0.25, 0.3) is 5.91 Å². The van der Waals surface area contributed by atoms with Gasteiger partial charge in [-0.15, -0.1) is 0 Å². The number of aliphatic hydroxyl groups is 2. The quantitative estimate of drug-likeness (QED) is 0.636. The molecular formula is C12H10N4O3S2. The van der Waals surface area contributed by atoms with Gasteiger partial charge in [-0.2, -0.15) is 0 Å². The van der Waals surface area contributed by atoms with Crippen molar-refractivity contribution < 1.29 is 15.0 Å². The van der Waals surface area contributed by atoms with Crippen molar-refractivity contribution in [2.75, 3.05) is 11.4 Å². The van der Waals surface area contributed by atoms with Gasteiger partial charge in [0.2, 0.25) is 5.76 Å². The third-order valence-corrected chi connectivity index (χ3v) is 3.70. The SMILES string of the molecule is O=C1C(O)=C(O)CN1c1ccc(-n2c(=S)[nH][nH]c2=S)cc1. The molecule has 0 bridgehead atoms. The van der Waals surface area contributed by atoms with Gasteiger partial charge in [-0.3, -0.25) is 24.5 Å². The normalized spacial score (nSPS) is 15.0. The molecule has 0 spiro atoms. The molecule has 1 aliphatic rings. The van der Waals surface area contributed by atoms with Crippen molar-refractivity contribution in [1.82, 2.24) is 14.8 Å². The number of aromatic nitrogens is 3. The maximum absolute atomic E-state index is 11.7. The Balaban J connectivity index is 1.95. The van der Waals surface area contributed by atoms with E-state index in [9.17, 15) is 15.0 Å². The Kier molecular flexibility index (Phi) is 3.15. The molecule has 9 heteroatoms. The molecule has 1 aromatic heterocycles. The second kappa shape index (κ2) is 4.86. The van der Waals surface area contributed by atoms with Crippen molar-refractivity contribution in [3.05, 3.63) is 45.3 Å². The Bertz CT molecular complexity index is 832. The molecule has 0 aliphatic carbocycles. The van der Waals surface area contributed by atoms with Gasteiger partial charge in [0.1, 0.15) is 0 Å². The summed E-state index contributed by atoms with van der Waals surface area (Å²) in [6, 6.07) is 6.84. The second-order valence-corrected chi connectivity index (χ2v) is 5.17. The number of anilines is 1. The Morgan fingerprint density at radius 2 is 1.52 bits per heavy atom. The number of carbonyl (C=O) groups is 1. The first-order chi connectivity index (χ1) is 9.99. The molecule has 4 N–H and O–H groups in total. The number of hydrogen-bond acceptors (Lipinski definition) is 5. The number of nitrogens with one attached hydrogen (secondary N) is 2. The summed E-state index contributed by atoms with van der Waals surface area (Å²) in [5.41, 5.74) is 1.29. The van der Waals surface area contributed by atoms with Crippen molar-refractivity contribution in [2.45, 2.75) is 0 Å². The van der Waals surface area contributed by atoms with E-state index < -0.39 is 11.7 Å². The standard InChI is InChI=1S/C12H10N4O3S2/c17-8-5-15(10(19)9(8)18)6-1-3-7(4-2-6)16-11(20)13-14-12(16)21/h1-4,17-18H,5H2,(H,13,20)(H,14,21). The number of carbonyl (C=O) groups excluding carboxylic acids is 1. The van der Waals surface area contributed by atoms with Crippen molar-refractivity contribution in [3.8, 4) is 5.69 Å². The largest absolute Gasteiger partial charge is 0.507 e. The van der Waals surface area contributed by atoms with E-state index in [1.807, 2.05) is 0 Å². The first-order valence-corrected chi connectivity index (χ1v) is 6.74. The van der Waals surface area contributed by atoms with E-state index in [1.165, 1.54) is 4.90 Å². The molecule has 108 valence electrons. The lowest BCUT2D eigenvalue weighted by Crippen LogP contribution is -2.26. The van der Waals surface area contributed by atoms with Crippen LogP contribution in [0.2, 0.25) is 0 Å². The second-order valence-electron chi connectivity index (χ2n) is 4.40. The maximum atomic E-state index is 11.7. The molecule has 0 fully saturated rings. The molecule has 21 heavy (non-hydrogen) atoms. The van der Waals surface area contributed by atoms with Gasteiger partial charge in [0.15, 0.2) is 15.3 Å². The van der Waals surface area contributed by atoms with Gasteiger partial charge in [-0.25, -0.2) is 0 Å². The van der Waals surface area contributed by atoms with Gasteiger partial charge < -0.3 is 10.2 Å². The van der Waals surface area contributed by atoms with Gasteiger partial charge in [0.05, 0.1) is 12.2 Å². The summed E-state index contributed by atoms with van der Waals surface area (Å²) in [7, 11) is 0. The third kappa shape index (κ3) is 2.16. The number of H-pyrrole nitrogens is 2. The van der Waals surface area contributed by atoms with Gasteiger partial charge >= 0.3 is 0 Å². The zero-order chi connectivity index (χ0) is 15.1. The molecule has 1 aliphatic heterocycles. The van der Waals surface area contributed by atoms with Crippen molar-refractivity contribution in [1.29, 1.82) is 0 Å². The van der Waals surface area contributed by atoms with Crippen LogP contribution in [0.1, 0.15) is 0 Å². The maximum Gasteiger partial charge on any atom is 0.297 e. The summed E-state index contributed by atoms with van der Waals surface area (Å²) in [5.74, 6) is -1.58. The van der Waals surface area contributed by atoms with Gasteiger partial charge in [-0.05, 0) is 48.7 Å². The van der Waals surface area contributed by atoms with Crippen molar-refractivity contribution in [3.63, 3.8) is 0 Å². The summed E-state index contributed by atoms with van der Waals surface area (Å²) in [5, 5.41) is 24.2. The van der Waals surface area contributed by atoms with Crippen LogP contribution in [-0.2, 0) is 4.79 Å². The van der Waals surface area contributed by atoms with Gasteiger partial charge in [-0.1, -0.05) is 0 Å². The average molecular weight is 322 g/mol. The first kappa shape index (κ1) is 13.6. The predicted molar refractivity (Wildman–Crippen MR) is 80.8 cm³/mol. The van der Waals surface area contributed by atoms with E-state index in [2.05, 4.69) is 10.2 Å². The van der Waals surface area contributed by atoms with Crippen LogP contribution in [0.15, 0.2) is 35.8 Å². The summed E-state index contributed by atoms with van der Waals surface area (Å²) in [6.45, 7) is -0.0480. The lowest BCUT2D eigenvalue weighted by Gasteiger charge is -2.15. The molecule has 7 nitrogen and oxygen atoms in total. The molecule has 2 heterocycles. The van der Waals surface area contributed by atoms with Crippen LogP contribution in [0.4, 0.5) is 5.69 Å². The highest BCUT2D eigenvalue weighted by atomic mass is 32.1. The number of rotatable bonds is 2. The van der Waals surface area contributed by atoms with Crippen LogP contribution in [0, 0.1) is 9.54 Å². The molecule has 2 aromatic rings. The average Bonchev–Trinajstić information content (AvgIpc) is 2.94. The highest BCUT2D eigenvalue weighted by molar-refractivity contribution is 7.72. The van der Waals surface area contributed by atoms with Crippen LogP contribution >= 0.6 is 24.4 Å². The molecule has 0 atom stereocenters. The van der Waals surface area contributed by atoms with E-state index in [0.29, 0.717) is 15.2 Å². The number of benzene rings is 1. The van der Waals surface area contributed by atoms with Crippen molar-refractivity contribution in [2.24, 2.45) is 0 Å². The third-order valence-electron chi connectivity index (χ3n) is 3.13. The van der Waals surface area contributed by atoms with E-state index in [1.54, 1.807) is 28.8 Å². The molecule has 1 amide bonds. The summed E-state index contributed by atoms with van der Waals surface area (Å²) in [4.78, 5) is 13.0. The molecule has 0 radical (unpaired) electrons. The molecule has 0 saturated heterocycles. The fraction of sp³-hybridized carbons (Fsp3) is 0.0833. The lowest BCUT2D eigenvalue weighted by atomic mass is 10.2. The molecule has 0 unspecified atom stereocenters. The predicted octanol–water partition coefficient (Wildman–Crippen LogP) is 2.27. The summed E-state index contributed by atoms with van der Waals surface area (Å²) in [6.07, 6.45) is 0. The Morgan fingerprint density at radius 1 is 1.00 bits per heavy atom. The number of aliphatic hydroxyl groups excluding tert-OH is 2. The van der Waals surface area contributed by atoms with Gasteiger partial charge in [0, 0.05) is 5.69 Å². The molecule has 1 aromatic carbocycles. The fourth-order valence-corrected chi connectivity index (χ4v) is 2.64. The van der Waals surface area contributed by atoms with Crippen LogP contribution in [0.5, 0.6) is 0 Å². The number of aromatic amines is 2. The number of hydrogen-bond donors (Lipinski definition) is 4. The lowest BCUT2D eigenvalue weighted by molar-refractivity contribution is -0.116.